The van der Waals surface area contributed by atoms with Gasteiger partial charge in [0.25, 0.3) is 0 Å². The molecule has 2 unspecified atom stereocenters. The highest BCUT2D eigenvalue weighted by Crippen LogP contribution is 2.27. The maximum Gasteiger partial charge on any atom is 0.138 e. The van der Waals surface area contributed by atoms with Crippen LogP contribution in [0.3, 0.4) is 0 Å². The molecule has 2 rings (SSSR count). The van der Waals surface area contributed by atoms with Crippen molar-refractivity contribution in [2.45, 2.75) is 52.6 Å². The van der Waals surface area contributed by atoms with E-state index in [2.05, 4.69) is 49.8 Å². The molecule has 0 saturated carbocycles. The maximum absolute atomic E-state index is 10.1. The molecule has 0 spiro atoms. The van der Waals surface area contributed by atoms with Crippen LogP contribution in [-0.2, 0) is 5.41 Å². The average molecular weight is 292 g/mol. The van der Waals surface area contributed by atoms with Crippen LogP contribution in [0.4, 0.5) is 11.6 Å². The van der Waals surface area contributed by atoms with Crippen LogP contribution in [0.1, 0.15) is 46.9 Å². The van der Waals surface area contributed by atoms with Crippen LogP contribution in [0.5, 0.6) is 0 Å². The Morgan fingerprint density at radius 1 is 1.38 bits per heavy atom. The van der Waals surface area contributed by atoms with Gasteiger partial charge in [0, 0.05) is 31.1 Å². The molecule has 5 nitrogen and oxygen atoms in total. The summed E-state index contributed by atoms with van der Waals surface area (Å²) in [4.78, 5) is 11.5. The average Bonchev–Trinajstić information content (AvgIpc) is 2.41. The maximum atomic E-state index is 10.1. The highest BCUT2D eigenvalue weighted by molar-refractivity contribution is 5.50. The Morgan fingerprint density at radius 2 is 2.10 bits per heavy atom. The normalized spacial score (nSPS) is 23.2. The number of aliphatic hydroxyl groups excluding tert-OH is 1. The highest BCUT2D eigenvalue weighted by atomic mass is 16.3. The van der Waals surface area contributed by atoms with Crippen LogP contribution < -0.4 is 10.2 Å². The Labute approximate surface area is 127 Å². The van der Waals surface area contributed by atoms with E-state index in [1.54, 1.807) is 0 Å². The predicted molar refractivity (Wildman–Crippen MR) is 86.9 cm³/mol. The van der Waals surface area contributed by atoms with Gasteiger partial charge >= 0.3 is 0 Å². The van der Waals surface area contributed by atoms with Crippen LogP contribution in [0.25, 0.3) is 0 Å². The first-order valence-electron chi connectivity index (χ1n) is 7.87. The van der Waals surface area contributed by atoms with Crippen molar-refractivity contribution in [1.82, 2.24) is 9.97 Å². The number of aliphatic hydroxyl groups is 1. The number of β-amino-alcohol motifs (C(OH)–C–C–N with tert-alkyl or cyclic N) is 1. The van der Waals surface area contributed by atoms with Crippen molar-refractivity contribution in [3.8, 4) is 0 Å². The van der Waals surface area contributed by atoms with Crippen molar-refractivity contribution in [1.29, 1.82) is 0 Å². The van der Waals surface area contributed by atoms with Crippen LogP contribution in [0.2, 0.25) is 0 Å². The molecule has 21 heavy (non-hydrogen) atoms. The third-order valence-corrected chi connectivity index (χ3v) is 3.98. The molecule has 1 saturated heterocycles. The highest BCUT2D eigenvalue weighted by Gasteiger charge is 2.27. The van der Waals surface area contributed by atoms with Crippen molar-refractivity contribution in [3.05, 3.63) is 11.9 Å². The molecule has 1 aliphatic rings. The van der Waals surface area contributed by atoms with E-state index < -0.39 is 0 Å². The molecule has 0 aromatic carbocycles. The summed E-state index contributed by atoms with van der Waals surface area (Å²) < 4.78 is 0. The Bertz CT molecular complexity index is 484. The smallest absolute Gasteiger partial charge is 0.138 e. The zero-order valence-electron chi connectivity index (χ0n) is 13.8. The number of aromatic nitrogens is 2. The number of nitrogens with one attached hydrogen (secondary N) is 1. The number of rotatable bonds is 3. The third kappa shape index (κ3) is 3.84. The van der Waals surface area contributed by atoms with Crippen LogP contribution in [0, 0.1) is 5.92 Å². The summed E-state index contributed by atoms with van der Waals surface area (Å²) in [6, 6.07) is 1.99. The van der Waals surface area contributed by atoms with Gasteiger partial charge < -0.3 is 15.3 Å². The molecule has 0 amide bonds. The van der Waals surface area contributed by atoms with Gasteiger partial charge in [0.1, 0.15) is 17.5 Å². The molecule has 1 fully saturated rings. The first-order valence-corrected chi connectivity index (χ1v) is 7.87. The van der Waals surface area contributed by atoms with Gasteiger partial charge in [-0.1, -0.05) is 27.7 Å². The lowest BCUT2D eigenvalue weighted by Gasteiger charge is -2.35. The van der Waals surface area contributed by atoms with E-state index in [0.717, 1.165) is 37.0 Å². The van der Waals surface area contributed by atoms with Crippen LogP contribution >= 0.6 is 0 Å². The Kier molecular flexibility index (Phi) is 4.71. The fourth-order valence-corrected chi connectivity index (χ4v) is 2.46. The largest absolute Gasteiger partial charge is 0.391 e. The van der Waals surface area contributed by atoms with Crippen LogP contribution in [0.15, 0.2) is 6.07 Å². The monoisotopic (exact) mass is 292 g/mol. The molecule has 1 aromatic heterocycles. The van der Waals surface area contributed by atoms with E-state index in [1.165, 1.54) is 0 Å². The second-order valence-corrected chi connectivity index (χ2v) is 6.99. The molecule has 0 radical (unpaired) electrons. The van der Waals surface area contributed by atoms with Crippen molar-refractivity contribution in [2.24, 2.45) is 5.92 Å². The van der Waals surface area contributed by atoms with Crippen molar-refractivity contribution < 1.29 is 5.11 Å². The Hall–Kier alpha value is -1.36. The Balaban J connectivity index is 2.31. The van der Waals surface area contributed by atoms with Crippen molar-refractivity contribution in [3.63, 3.8) is 0 Å². The topological polar surface area (TPSA) is 61.3 Å². The molecule has 118 valence electrons. The molecule has 1 aliphatic heterocycles. The van der Waals surface area contributed by atoms with Gasteiger partial charge in [-0.05, 0) is 19.3 Å². The molecule has 5 heteroatoms. The van der Waals surface area contributed by atoms with Crippen molar-refractivity contribution >= 4 is 11.6 Å². The lowest BCUT2D eigenvalue weighted by atomic mass is 9.95. The van der Waals surface area contributed by atoms with E-state index in [1.807, 2.05) is 6.07 Å². The van der Waals surface area contributed by atoms with E-state index in [9.17, 15) is 5.11 Å². The summed E-state index contributed by atoms with van der Waals surface area (Å²) in [6.07, 6.45) is 0.710. The number of hydrogen-bond donors (Lipinski definition) is 2. The second-order valence-electron chi connectivity index (χ2n) is 6.99. The van der Waals surface area contributed by atoms with Gasteiger partial charge in [0.2, 0.25) is 0 Å². The summed E-state index contributed by atoms with van der Waals surface area (Å²) in [6.45, 7) is 12.9. The van der Waals surface area contributed by atoms with Crippen LogP contribution in [-0.4, -0.2) is 40.8 Å². The third-order valence-electron chi connectivity index (χ3n) is 3.98. The standard InChI is InChI=1S/C16H28N4O/c1-6-17-13-9-14(19-15(18-13)16(3,4)5)20-8-7-11(2)12(21)10-20/h9,11-12,21H,6-8,10H2,1-5H3,(H,17,18,19). The number of piperidine rings is 1. The Morgan fingerprint density at radius 3 is 2.67 bits per heavy atom. The fourth-order valence-electron chi connectivity index (χ4n) is 2.46. The second kappa shape index (κ2) is 6.18. The summed E-state index contributed by atoms with van der Waals surface area (Å²) in [5, 5.41) is 13.4. The van der Waals surface area contributed by atoms with Gasteiger partial charge in [-0.15, -0.1) is 0 Å². The fraction of sp³-hybridized carbons (Fsp3) is 0.750. The minimum absolute atomic E-state index is 0.0954. The zero-order valence-corrected chi connectivity index (χ0v) is 13.8. The molecular weight excluding hydrogens is 264 g/mol. The summed E-state index contributed by atoms with van der Waals surface area (Å²) >= 11 is 0. The van der Waals surface area contributed by atoms with Gasteiger partial charge in [-0.2, -0.15) is 0 Å². The van der Waals surface area contributed by atoms with E-state index in [-0.39, 0.29) is 11.5 Å². The van der Waals surface area contributed by atoms with Gasteiger partial charge in [-0.25, -0.2) is 9.97 Å². The molecule has 2 atom stereocenters. The summed E-state index contributed by atoms with van der Waals surface area (Å²) in [5.74, 6) is 2.97. The number of anilines is 2. The number of hydrogen-bond acceptors (Lipinski definition) is 5. The molecule has 2 N–H and O–H groups in total. The van der Waals surface area contributed by atoms with E-state index >= 15 is 0 Å². The lowest BCUT2D eigenvalue weighted by molar-refractivity contribution is 0.102. The minimum atomic E-state index is -0.283. The van der Waals surface area contributed by atoms with Gasteiger partial charge in [-0.3, -0.25) is 0 Å². The molecular formula is C16H28N4O. The first kappa shape index (κ1) is 16.0. The minimum Gasteiger partial charge on any atom is -0.391 e. The lowest BCUT2D eigenvalue weighted by Crippen LogP contribution is -2.43. The zero-order chi connectivity index (χ0) is 15.6. The van der Waals surface area contributed by atoms with E-state index in [0.29, 0.717) is 12.5 Å². The predicted octanol–water partition coefficient (Wildman–Crippen LogP) is 2.41. The number of nitrogens with zero attached hydrogens (tertiary/aromatic N) is 3. The quantitative estimate of drug-likeness (QED) is 0.896. The van der Waals surface area contributed by atoms with E-state index in [4.69, 9.17) is 4.98 Å². The molecule has 2 heterocycles. The summed E-state index contributed by atoms with van der Waals surface area (Å²) in [5.41, 5.74) is -0.0954. The molecule has 0 aliphatic carbocycles. The first-order chi connectivity index (χ1) is 9.81. The summed E-state index contributed by atoms with van der Waals surface area (Å²) in [7, 11) is 0. The van der Waals surface area contributed by atoms with Gasteiger partial charge in [0.15, 0.2) is 0 Å². The van der Waals surface area contributed by atoms with Gasteiger partial charge in [0.05, 0.1) is 6.10 Å². The molecule has 1 aromatic rings. The SMILES string of the molecule is CCNc1cc(N2CCC(C)C(O)C2)nc(C(C)(C)C)n1. The molecule has 0 bridgehead atoms. The van der Waals surface area contributed by atoms with Crippen molar-refractivity contribution in [2.75, 3.05) is 29.9 Å².